The number of benzene rings is 1. The average Bonchev–Trinajstić information content (AvgIpc) is 2.74. The summed E-state index contributed by atoms with van der Waals surface area (Å²) in [6.07, 6.45) is 1.34. The Hall–Kier alpha value is -2.23. The molecule has 0 unspecified atom stereocenters. The smallest absolute Gasteiger partial charge is 0.170 e. The summed E-state index contributed by atoms with van der Waals surface area (Å²) < 4.78 is 31.8. The lowest BCUT2D eigenvalue weighted by Gasteiger charge is -1.94. The molecule has 0 spiro atoms. The summed E-state index contributed by atoms with van der Waals surface area (Å²) in [5.41, 5.74) is 0.508. The summed E-state index contributed by atoms with van der Waals surface area (Å²) in [6, 6.07) is 8.76. The van der Waals surface area contributed by atoms with Crippen molar-refractivity contribution >= 4 is 11.0 Å². The summed E-state index contributed by atoms with van der Waals surface area (Å²) in [4.78, 5) is 3.98. The van der Waals surface area contributed by atoms with E-state index in [9.17, 15) is 8.78 Å². The van der Waals surface area contributed by atoms with Gasteiger partial charge in [-0.2, -0.15) is 0 Å². The van der Waals surface area contributed by atoms with Crippen LogP contribution in [0.3, 0.4) is 0 Å². The van der Waals surface area contributed by atoms with Gasteiger partial charge in [-0.3, -0.25) is 4.98 Å². The first-order valence-corrected chi connectivity index (χ1v) is 5.04. The monoisotopic (exact) mass is 231 g/mol. The van der Waals surface area contributed by atoms with Gasteiger partial charge in [-0.25, -0.2) is 8.78 Å². The molecule has 0 fully saturated rings. The molecular weight excluding hydrogens is 224 g/mol. The van der Waals surface area contributed by atoms with Crippen molar-refractivity contribution in [1.82, 2.24) is 4.98 Å². The number of rotatable bonds is 1. The van der Waals surface area contributed by atoms with Gasteiger partial charge >= 0.3 is 0 Å². The van der Waals surface area contributed by atoms with Crippen molar-refractivity contribution in [2.45, 2.75) is 0 Å². The molecule has 0 aliphatic heterocycles. The van der Waals surface area contributed by atoms with Gasteiger partial charge in [0.05, 0.1) is 0 Å². The van der Waals surface area contributed by atoms with E-state index in [0.29, 0.717) is 16.8 Å². The maximum atomic E-state index is 13.4. The Balaban J connectivity index is 2.22. The first-order chi connectivity index (χ1) is 8.24. The molecule has 4 heteroatoms. The zero-order valence-electron chi connectivity index (χ0n) is 8.65. The lowest BCUT2D eigenvalue weighted by Crippen LogP contribution is -1.81. The average molecular weight is 231 g/mol. The van der Waals surface area contributed by atoms with Crippen molar-refractivity contribution in [1.29, 1.82) is 0 Å². The molecular formula is C13H7F2NO. The Morgan fingerprint density at radius 3 is 2.71 bits per heavy atom. The van der Waals surface area contributed by atoms with E-state index in [4.69, 9.17) is 4.42 Å². The van der Waals surface area contributed by atoms with Crippen LogP contribution in [-0.2, 0) is 0 Å². The molecule has 0 saturated heterocycles. The fraction of sp³-hybridized carbons (Fsp3) is 0. The Morgan fingerprint density at radius 1 is 1.06 bits per heavy atom. The Kier molecular flexibility index (Phi) is 2.14. The third-order valence-corrected chi connectivity index (χ3v) is 2.47. The molecule has 0 saturated carbocycles. The second kappa shape index (κ2) is 3.66. The van der Waals surface area contributed by atoms with Crippen molar-refractivity contribution in [2.75, 3.05) is 0 Å². The predicted octanol–water partition coefficient (Wildman–Crippen LogP) is 3.77. The molecule has 0 aliphatic rings. The number of pyridine rings is 1. The van der Waals surface area contributed by atoms with Crippen LogP contribution in [0.15, 0.2) is 47.0 Å². The van der Waals surface area contributed by atoms with E-state index >= 15 is 0 Å². The van der Waals surface area contributed by atoms with Gasteiger partial charge in [-0.1, -0.05) is 12.1 Å². The van der Waals surface area contributed by atoms with E-state index in [0.717, 1.165) is 0 Å². The summed E-state index contributed by atoms with van der Waals surface area (Å²) >= 11 is 0. The molecule has 0 N–H and O–H groups in total. The van der Waals surface area contributed by atoms with E-state index in [1.807, 2.05) is 0 Å². The lowest BCUT2D eigenvalue weighted by atomic mass is 10.2. The second-order valence-corrected chi connectivity index (χ2v) is 3.63. The quantitative estimate of drug-likeness (QED) is 0.637. The summed E-state index contributed by atoms with van der Waals surface area (Å²) in [6.45, 7) is 0. The minimum Gasteiger partial charge on any atom is -0.451 e. The molecule has 1 aromatic carbocycles. The highest BCUT2D eigenvalue weighted by atomic mass is 19.1. The van der Waals surface area contributed by atoms with Gasteiger partial charge in [-0.15, -0.1) is 0 Å². The Bertz CT molecular complexity index is 691. The molecule has 17 heavy (non-hydrogen) atoms. The Labute approximate surface area is 95.5 Å². The number of halogens is 2. The largest absolute Gasteiger partial charge is 0.451 e. The molecule has 3 rings (SSSR count). The first kappa shape index (κ1) is 9.96. The molecule has 0 bridgehead atoms. The molecule has 0 aliphatic carbocycles. The first-order valence-electron chi connectivity index (χ1n) is 5.04. The van der Waals surface area contributed by atoms with Gasteiger partial charge in [0.1, 0.15) is 11.5 Å². The summed E-state index contributed by atoms with van der Waals surface area (Å²) in [5, 5.41) is 0.631. The number of hydrogen-bond donors (Lipinski definition) is 0. The molecule has 2 heterocycles. The van der Waals surface area contributed by atoms with E-state index < -0.39 is 11.6 Å². The molecule has 3 aromatic rings. The highest BCUT2D eigenvalue weighted by molar-refractivity contribution is 5.82. The van der Waals surface area contributed by atoms with Crippen molar-refractivity contribution in [2.24, 2.45) is 0 Å². The molecule has 2 nitrogen and oxygen atoms in total. The number of fused-ring (bicyclic) bond motifs is 1. The predicted molar refractivity (Wildman–Crippen MR) is 59.4 cm³/mol. The Morgan fingerprint density at radius 2 is 1.94 bits per heavy atom. The number of nitrogens with zero attached hydrogens (tertiary/aromatic N) is 1. The summed E-state index contributed by atoms with van der Waals surface area (Å²) in [5.74, 6) is -0.495. The molecule has 0 amide bonds. The lowest BCUT2D eigenvalue weighted by molar-refractivity contribution is 0.566. The van der Waals surface area contributed by atoms with Crippen LogP contribution < -0.4 is 0 Å². The fourth-order valence-electron chi connectivity index (χ4n) is 1.69. The van der Waals surface area contributed by atoms with E-state index in [1.165, 1.54) is 24.4 Å². The topological polar surface area (TPSA) is 26.0 Å². The maximum Gasteiger partial charge on any atom is 0.170 e. The minimum atomic E-state index is -0.440. The number of furan rings is 1. The fourth-order valence-corrected chi connectivity index (χ4v) is 1.69. The van der Waals surface area contributed by atoms with Crippen LogP contribution in [0, 0.1) is 11.6 Å². The second-order valence-electron chi connectivity index (χ2n) is 3.63. The molecule has 84 valence electrons. The van der Waals surface area contributed by atoms with Gasteiger partial charge < -0.3 is 4.42 Å². The minimum absolute atomic E-state index is 0.161. The third-order valence-electron chi connectivity index (χ3n) is 2.47. The van der Waals surface area contributed by atoms with Crippen LogP contribution in [0.2, 0.25) is 0 Å². The highest BCUT2D eigenvalue weighted by Gasteiger charge is 2.10. The van der Waals surface area contributed by atoms with Crippen LogP contribution in [0.1, 0.15) is 0 Å². The highest BCUT2D eigenvalue weighted by Crippen LogP contribution is 2.28. The molecule has 2 aromatic heterocycles. The van der Waals surface area contributed by atoms with E-state index in [1.54, 1.807) is 18.2 Å². The van der Waals surface area contributed by atoms with Crippen LogP contribution in [-0.4, -0.2) is 4.98 Å². The van der Waals surface area contributed by atoms with Crippen molar-refractivity contribution in [3.05, 3.63) is 54.2 Å². The van der Waals surface area contributed by atoms with Gasteiger partial charge in [0.2, 0.25) is 0 Å². The van der Waals surface area contributed by atoms with Gasteiger partial charge in [-0.05, 0) is 18.2 Å². The third kappa shape index (κ3) is 1.67. The zero-order chi connectivity index (χ0) is 11.8. The van der Waals surface area contributed by atoms with Gasteiger partial charge in [0.25, 0.3) is 0 Å². The zero-order valence-corrected chi connectivity index (χ0v) is 8.65. The van der Waals surface area contributed by atoms with Gasteiger partial charge in [0.15, 0.2) is 17.2 Å². The maximum absolute atomic E-state index is 13.4. The molecule has 0 atom stereocenters. The van der Waals surface area contributed by atoms with Crippen molar-refractivity contribution in [3.63, 3.8) is 0 Å². The van der Waals surface area contributed by atoms with Crippen LogP contribution in [0.5, 0.6) is 0 Å². The normalized spacial score (nSPS) is 10.9. The van der Waals surface area contributed by atoms with Crippen LogP contribution >= 0.6 is 0 Å². The van der Waals surface area contributed by atoms with Crippen LogP contribution in [0.4, 0.5) is 8.78 Å². The number of hydrogen-bond acceptors (Lipinski definition) is 2. The molecule has 0 radical (unpaired) electrons. The standard InChI is InChI=1S/C13H7F2NO/c14-9-4-5-16-11(7-9)12-6-8-2-1-3-10(15)13(8)17-12/h1-7H. The van der Waals surface area contributed by atoms with Crippen molar-refractivity contribution in [3.8, 4) is 11.5 Å². The van der Waals surface area contributed by atoms with Gasteiger partial charge in [0, 0.05) is 17.6 Å². The number of aromatic nitrogens is 1. The van der Waals surface area contributed by atoms with Crippen molar-refractivity contribution < 1.29 is 13.2 Å². The summed E-state index contributed by atoms with van der Waals surface area (Å²) in [7, 11) is 0. The van der Waals surface area contributed by atoms with E-state index in [-0.39, 0.29) is 5.58 Å². The van der Waals surface area contributed by atoms with E-state index in [2.05, 4.69) is 4.98 Å². The number of para-hydroxylation sites is 1. The van der Waals surface area contributed by atoms with Crippen LogP contribution in [0.25, 0.3) is 22.4 Å². The SMILES string of the molecule is Fc1ccnc(-c2cc3cccc(F)c3o2)c1.